The molecular weight excluding hydrogens is 456 g/mol. The van der Waals surface area contributed by atoms with Gasteiger partial charge in [0.25, 0.3) is 0 Å². The van der Waals surface area contributed by atoms with E-state index in [2.05, 4.69) is 22.1 Å². The Kier molecular flexibility index (Phi) is 8.10. The van der Waals surface area contributed by atoms with E-state index >= 15 is 0 Å². The standard InChI is InChI=1S/C24H28N4O3S2/c1-7-10-28-21(14(2)3)26-27-24(28)33-13-19(29)25-22-20(23(30)31-6)18(12-32-22)17-11-15(4)8-9-16(17)5/h7-9,11-12,14H,1,10,13H2,2-6H3,(H,25,29). The average Bonchev–Trinajstić information content (AvgIpc) is 3.38. The van der Waals surface area contributed by atoms with Gasteiger partial charge in [0.05, 0.1) is 12.9 Å². The Bertz CT molecular complexity index is 1180. The van der Waals surface area contributed by atoms with Gasteiger partial charge in [-0.05, 0) is 25.0 Å². The summed E-state index contributed by atoms with van der Waals surface area (Å²) >= 11 is 2.61. The van der Waals surface area contributed by atoms with Gasteiger partial charge >= 0.3 is 5.97 Å². The summed E-state index contributed by atoms with van der Waals surface area (Å²) in [5, 5.41) is 14.4. The van der Waals surface area contributed by atoms with Crippen molar-refractivity contribution in [1.82, 2.24) is 14.8 Å². The first-order valence-electron chi connectivity index (χ1n) is 10.5. The minimum atomic E-state index is -0.484. The fourth-order valence-corrected chi connectivity index (χ4v) is 5.13. The zero-order chi connectivity index (χ0) is 24.1. The second kappa shape index (κ2) is 10.8. The quantitative estimate of drug-likeness (QED) is 0.247. The zero-order valence-corrected chi connectivity index (χ0v) is 21.1. The van der Waals surface area contributed by atoms with E-state index in [1.54, 1.807) is 6.08 Å². The summed E-state index contributed by atoms with van der Waals surface area (Å²) in [4.78, 5) is 25.4. The molecule has 1 amide bonds. The monoisotopic (exact) mass is 484 g/mol. The van der Waals surface area contributed by atoms with Crippen molar-refractivity contribution in [2.75, 3.05) is 18.2 Å². The largest absolute Gasteiger partial charge is 0.465 e. The van der Waals surface area contributed by atoms with Crippen molar-refractivity contribution >= 4 is 40.0 Å². The normalized spacial score (nSPS) is 11.0. The van der Waals surface area contributed by atoms with Crippen molar-refractivity contribution in [3.63, 3.8) is 0 Å². The van der Waals surface area contributed by atoms with Gasteiger partial charge in [-0.3, -0.25) is 4.79 Å². The molecule has 174 valence electrons. The molecule has 3 rings (SSSR count). The van der Waals surface area contributed by atoms with Crippen LogP contribution in [0.4, 0.5) is 5.00 Å². The average molecular weight is 485 g/mol. The summed E-state index contributed by atoms with van der Waals surface area (Å²) in [5.74, 6) is 0.464. The van der Waals surface area contributed by atoms with Crippen molar-refractivity contribution < 1.29 is 14.3 Å². The lowest BCUT2D eigenvalue weighted by atomic mass is 9.97. The Labute approximate surface area is 202 Å². The summed E-state index contributed by atoms with van der Waals surface area (Å²) in [5.41, 5.74) is 4.19. The van der Waals surface area contributed by atoms with Crippen LogP contribution in [0.1, 0.15) is 47.1 Å². The summed E-state index contributed by atoms with van der Waals surface area (Å²) < 4.78 is 6.98. The molecule has 7 nitrogen and oxygen atoms in total. The molecule has 2 heterocycles. The number of hydrogen-bond donors (Lipinski definition) is 1. The Balaban J connectivity index is 1.82. The lowest BCUT2D eigenvalue weighted by Crippen LogP contribution is -2.16. The summed E-state index contributed by atoms with van der Waals surface area (Å²) in [7, 11) is 1.34. The number of aryl methyl sites for hydroxylation is 2. The van der Waals surface area contributed by atoms with Crippen LogP contribution in [0.15, 0.2) is 41.4 Å². The number of esters is 1. The van der Waals surface area contributed by atoms with E-state index in [1.807, 2.05) is 55.8 Å². The van der Waals surface area contributed by atoms with Gasteiger partial charge in [0.15, 0.2) is 5.16 Å². The Morgan fingerprint density at radius 1 is 1.27 bits per heavy atom. The van der Waals surface area contributed by atoms with Crippen molar-refractivity contribution in [3.05, 3.63) is 58.7 Å². The van der Waals surface area contributed by atoms with Gasteiger partial charge < -0.3 is 14.6 Å². The molecule has 0 aliphatic rings. The number of nitrogens with one attached hydrogen (secondary N) is 1. The van der Waals surface area contributed by atoms with E-state index in [9.17, 15) is 9.59 Å². The van der Waals surface area contributed by atoms with Gasteiger partial charge in [0.1, 0.15) is 16.4 Å². The number of carbonyl (C=O) groups excluding carboxylic acids is 2. The number of allylic oxidation sites excluding steroid dienone is 1. The molecule has 1 N–H and O–H groups in total. The second-order valence-electron chi connectivity index (χ2n) is 7.90. The second-order valence-corrected chi connectivity index (χ2v) is 9.72. The molecule has 0 radical (unpaired) electrons. The minimum absolute atomic E-state index is 0.130. The molecule has 0 bridgehead atoms. The lowest BCUT2D eigenvalue weighted by Gasteiger charge is -2.11. The SMILES string of the molecule is C=CCn1c(SCC(=O)Nc2scc(-c3cc(C)ccc3C)c2C(=O)OC)nnc1C(C)C. The van der Waals surface area contributed by atoms with Crippen molar-refractivity contribution in [2.24, 2.45) is 0 Å². The molecule has 0 fully saturated rings. The first kappa shape index (κ1) is 24.7. The number of hydrogen-bond acceptors (Lipinski definition) is 7. The van der Waals surface area contributed by atoms with E-state index in [-0.39, 0.29) is 17.6 Å². The van der Waals surface area contributed by atoms with E-state index in [4.69, 9.17) is 4.74 Å². The first-order chi connectivity index (χ1) is 15.8. The van der Waals surface area contributed by atoms with Crippen molar-refractivity contribution in [3.8, 4) is 11.1 Å². The zero-order valence-electron chi connectivity index (χ0n) is 19.5. The lowest BCUT2D eigenvalue weighted by molar-refractivity contribution is -0.113. The maximum Gasteiger partial charge on any atom is 0.341 e. The fraction of sp³-hybridized carbons (Fsp3) is 0.333. The third-order valence-electron chi connectivity index (χ3n) is 5.02. The van der Waals surface area contributed by atoms with E-state index in [0.717, 1.165) is 28.1 Å². The third-order valence-corrected chi connectivity index (χ3v) is 6.88. The van der Waals surface area contributed by atoms with Crippen LogP contribution in [0.5, 0.6) is 0 Å². The maximum atomic E-state index is 12.8. The molecule has 0 aliphatic carbocycles. The predicted octanol–water partition coefficient (Wildman–Crippen LogP) is 5.45. The van der Waals surface area contributed by atoms with Gasteiger partial charge in [-0.2, -0.15) is 0 Å². The molecule has 9 heteroatoms. The van der Waals surface area contributed by atoms with Gasteiger partial charge in [-0.25, -0.2) is 4.79 Å². The van der Waals surface area contributed by atoms with Crippen LogP contribution in [-0.4, -0.2) is 39.5 Å². The number of methoxy groups -OCH3 is 1. The van der Waals surface area contributed by atoms with Crippen LogP contribution >= 0.6 is 23.1 Å². The fourth-order valence-electron chi connectivity index (χ4n) is 3.41. The molecule has 33 heavy (non-hydrogen) atoms. The van der Waals surface area contributed by atoms with Gasteiger partial charge in [0.2, 0.25) is 5.91 Å². The van der Waals surface area contributed by atoms with Crippen LogP contribution in [-0.2, 0) is 16.1 Å². The molecule has 0 aliphatic heterocycles. The van der Waals surface area contributed by atoms with Crippen LogP contribution in [0.25, 0.3) is 11.1 Å². The molecule has 0 saturated heterocycles. The number of carbonyl (C=O) groups is 2. The van der Waals surface area contributed by atoms with E-state index < -0.39 is 5.97 Å². The molecule has 0 saturated carbocycles. The van der Waals surface area contributed by atoms with Crippen molar-refractivity contribution in [1.29, 1.82) is 0 Å². The highest BCUT2D eigenvalue weighted by Gasteiger charge is 2.24. The summed E-state index contributed by atoms with van der Waals surface area (Å²) in [6, 6.07) is 6.08. The van der Waals surface area contributed by atoms with Gasteiger partial charge in [-0.1, -0.05) is 55.4 Å². The number of amides is 1. The molecule has 2 aromatic heterocycles. The molecular formula is C24H28N4O3S2. The summed E-state index contributed by atoms with van der Waals surface area (Å²) in [6.45, 7) is 12.5. The topological polar surface area (TPSA) is 86.1 Å². The molecule has 0 spiro atoms. The molecule has 3 aromatic rings. The molecule has 0 unspecified atom stereocenters. The number of thioether (sulfide) groups is 1. The molecule has 1 aromatic carbocycles. The van der Waals surface area contributed by atoms with E-state index in [1.165, 1.54) is 30.2 Å². The summed E-state index contributed by atoms with van der Waals surface area (Å²) in [6.07, 6.45) is 1.78. The number of anilines is 1. The number of aromatic nitrogens is 3. The first-order valence-corrected chi connectivity index (χ1v) is 12.4. The highest BCUT2D eigenvalue weighted by molar-refractivity contribution is 7.99. The molecule has 0 atom stereocenters. The number of benzene rings is 1. The van der Waals surface area contributed by atoms with Crippen LogP contribution < -0.4 is 5.32 Å². The number of ether oxygens (including phenoxy) is 1. The highest BCUT2D eigenvalue weighted by Crippen LogP contribution is 2.38. The Morgan fingerprint density at radius 2 is 2.03 bits per heavy atom. The third kappa shape index (κ3) is 5.54. The van der Waals surface area contributed by atoms with E-state index in [0.29, 0.717) is 22.3 Å². The predicted molar refractivity (Wildman–Crippen MR) is 134 cm³/mol. The van der Waals surface area contributed by atoms with Crippen LogP contribution in [0, 0.1) is 13.8 Å². The maximum absolute atomic E-state index is 12.8. The van der Waals surface area contributed by atoms with Crippen LogP contribution in [0.3, 0.4) is 0 Å². The van der Waals surface area contributed by atoms with Gasteiger partial charge in [0, 0.05) is 23.4 Å². The van der Waals surface area contributed by atoms with Crippen molar-refractivity contribution in [2.45, 2.75) is 45.3 Å². The smallest absolute Gasteiger partial charge is 0.341 e. The number of thiophene rings is 1. The van der Waals surface area contributed by atoms with Crippen LogP contribution in [0.2, 0.25) is 0 Å². The van der Waals surface area contributed by atoms with Gasteiger partial charge in [-0.15, -0.1) is 28.1 Å². The number of nitrogens with zero attached hydrogens (tertiary/aromatic N) is 3. The number of rotatable bonds is 9. The highest BCUT2D eigenvalue weighted by atomic mass is 32.2. The Hall–Kier alpha value is -2.91. The Morgan fingerprint density at radius 3 is 2.70 bits per heavy atom. The minimum Gasteiger partial charge on any atom is -0.465 e.